The third-order valence-corrected chi connectivity index (χ3v) is 5.96. The lowest BCUT2D eigenvalue weighted by Gasteiger charge is -2.46. The van der Waals surface area contributed by atoms with Gasteiger partial charge < -0.3 is 14.9 Å². The van der Waals surface area contributed by atoms with Crippen LogP contribution in [0.3, 0.4) is 0 Å². The number of aliphatic hydroxyl groups is 2. The van der Waals surface area contributed by atoms with E-state index in [2.05, 4.69) is 19.2 Å². The van der Waals surface area contributed by atoms with Crippen molar-refractivity contribution in [2.24, 2.45) is 5.92 Å². The summed E-state index contributed by atoms with van der Waals surface area (Å²) in [6.07, 6.45) is 8.38. The molecule has 25 heavy (non-hydrogen) atoms. The number of quaternary nitrogens is 1. The Bertz CT molecular complexity index is 420. The molecule has 6 heteroatoms. The van der Waals surface area contributed by atoms with Gasteiger partial charge in [0.2, 0.25) is 6.23 Å². The molecule has 0 radical (unpaired) electrons. The van der Waals surface area contributed by atoms with E-state index in [4.69, 9.17) is 4.74 Å². The molecule has 5 atom stereocenters. The van der Waals surface area contributed by atoms with Crippen molar-refractivity contribution in [2.45, 2.75) is 90.2 Å². The van der Waals surface area contributed by atoms with Crippen LogP contribution in [0.25, 0.3) is 0 Å². The predicted molar refractivity (Wildman–Crippen MR) is 96.7 cm³/mol. The number of carbonyl (C=O) groups is 1. The summed E-state index contributed by atoms with van der Waals surface area (Å²) >= 11 is 0. The number of hydrogen-bond donors (Lipinski definition) is 3. The van der Waals surface area contributed by atoms with Crippen LogP contribution in [0.2, 0.25) is 0 Å². The maximum absolute atomic E-state index is 12.9. The maximum Gasteiger partial charge on any atom is 0.420 e. The van der Waals surface area contributed by atoms with E-state index in [1.807, 2.05) is 0 Å². The van der Waals surface area contributed by atoms with Crippen molar-refractivity contribution < 1.29 is 24.2 Å². The molecule has 0 aromatic rings. The number of nitrogens with zero attached hydrogens (tertiary/aromatic N) is 1. The SMILES string of the molecule is CCCCCCCC[N+]1(C2CCC(CO)O2)CC(CC)C(O)NC1=O. The topological polar surface area (TPSA) is 78.8 Å². The van der Waals surface area contributed by atoms with Crippen LogP contribution >= 0.6 is 0 Å². The highest BCUT2D eigenvalue weighted by molar-refractivity contribution is 5.68. The molecule has 0 aromatic heterocycles. The molecule has 2 rings (SSSR count). The Hall–Kier alpha value is -0.690. The average Bonchev–Trinajstić information content (AvgIpc) is 3.09. The van der Waals surface area contributed by atoms with Crippen molar-refractivity contribution >= 4 is 6.03 Å². The summed E-state index contributed by atoms with van der Waals surface area (Å²) in [5.74, 6) is 0.0505. The normalized spacial score (nSPS) is 35.8. The summed E-state index contributed by atoms with van der Waals surface area (Å²) < 4.78 is 6.29. The number of unbranched alkanes of at least 4 members (excludes halogenated alkanes) is 5. The quantitative estimate of drug-likeness (QED) is 0.415. The zero-order chi connectivity index (χ0) is 18.3. The Kier molecular flexibility index (Phi) is 8.13. The minimum absolute atomic E-state index is 0.00890. The van der Waals surface area contributed by atoms with Crippen LogP contribution in [0.5, 0.6) is 0 Å². The van der Waals surface area contributed by atoms with Gasteiger partial charge in [-0.2, -0.15) is 0 Å². The van der Waals surface area contributed by atoms with E-state index in [1.54, 1.807) is 0 Å². The minimum Gasteiger partial charge on any atom is -0.394 e. The van der Waals surface area contributed by atoms with E-state index in [1.165, 1.54) is 25.7 Å². The molecule has 0 saturated carbocycles. The Morgan fingerprint density at radius 3 is 2.52 bits per heavy atom. The van der Waals surface area contributed by atoms with Gasteiger partial charge in [0.25, 0.3) is 0 Å². The first-order valence-corrected chi connectivity index (χ1v) is 10.2. The molecule has 0 aliphatic carbocycles. The highest BCUT2D eigenvalue weighted by atomic mass is 16.5. The van der Waals surface area contributed by atoms with Gasteiger partial charge in [0.1, 0.15) is 6.23 Å². The molecule has 2 saturated heterocycles. The number of hydrogen-bond acceptors (Lipinski definition) is 4. The Balaban J connectivity index is 2.04. The van der Waals surface area contributed by atoms with Gasteiger partial charge in [0.15, 0.2) is 0 Å². The highest BCUT2D eigenvalue weighted by Crippen LogP contribution is 2.34. The largest absolute Gasteiger partial charge is 0.420 e. The lowest BCUT2D eigenvalue weighted by atomic mass is 9.98. The fourth-order valence-corrected chi connectivity index (χ4v) is 4.27. The van der Waals surface area contributed by atoms with Crippen molar-refractivity contribution in [1.29, 1.82) is 0 Å². The number of nitrogens with one attached hydrogen (secondary N) is 1. The first-order chi connectivity index (χ1) is 12.1. The Morgan fingerprint density at radius 1 is 1.16 bits per heavy atom. The standard InChI is InChI=1S/C19H36N2O4/c1-3-5-6-7-8-9-12-21(17-11-10-16(14-22)25-17)13-15(4-2)18(23)20-19(21)24/h15-18,22-23H,3-14H2,1-2H3/p+1. The molecule has 0 bridgehead atoms. The van der Waals surface area contributed by atoms with Gasteiger partial charge in [-0.05, 0) is 25.7 Å². The molecule has 3 N–H and O–H groups in total. The van der Waals surface area contributed by atoms with Crippen molar-refractivity contribution in [1.82, 2.24) is 5.32 Å². The molecule has 0 spiro atoms. The number of ether oxygens (including phenoxy) is 1. The van der Waals surface area contributed by atoms with Gasteiger partial charge in [-0.3, -0.25) is 5.32 Å². The van der Waals surface area contributed by atoms with Crippen molar-refractivity contribution in [3.8, 4) is 0 Å². The second-order valence-corrected chi connectivity index (χ2v) is 7.74. The molecule has 2 heterocycles. The number of carbonyl (C=O) groups excluding carboxylic acids is 1. The zero-order valence-electron chi connectivity index (χ0n) is 16.0. The zero-order valence-corrected chi connectivity index (χ0v) is 16.0. The summed E-state index contributed by atoms with van der Waals surface area (Å²) in [4.78, 5) is 12.9. The Morgan fingerprint density at radius 2 is 1.88 bits per heavy atom. The number of aliphatic hydroxyl groups excluding tert-OH is 2. The van der Waals surface area contributed by atoms with Crippen LogP contribution in [0.1, 0.15) is 71.6 Å². The second-order valence-electron chi connectivity index (χ2n) is 7.74. The van der Waals surface area contributed by atoms with E-state index >= 15 is 0 Å². The number of amides is 2. The van der Waals surface area contributed by atoms with Crippen LogP contribution in [-0.2, 0) is 4.74 Å². The summed E-state index contributed by atoms with van der Waals surface area (Å²) in [6.45, 7) is 5.65. The molecule has 2 aliphatic heterocycles. The van der Waals surface area contributed by atoms with Crippen LogP contribution in [0.4, 0.5) is 4.79 Å². The first kappa shape index (κ1) is 20.6. The fraction of sp³-hybridized carbons (Fsp3) is 0.947. The number of rotatable bonds is 10. The van der Waals surface area contributed by atoms with Gasteiger partial charge in [0, 0.05) is 6.42 Å². The molecule has 2 aliphatic rings. The summed E-state index contributed by atoms with van der Waals surface area (Å²) in [7, 11) is 0. The van der Waals surface area contributed by atoms with E-state index in [9.17, 15) is 15.0 Å². The number of urea groups is 1. The average molecular weight is 358 g/mol. The van der Waals surface area contributed by atoms with E-state index in [-0.39, 0.29) is 35.4 Å². The van der Waals surface area contributed by atoms with E-state index in [0.717, 1.165) is 38.6 Å². The summed E-state index contributed by atoms with van der Waals surface area (Å²) in [5.41, 5.74) is 0. The fourth-order valence-electron chi connectivity index (χ4n) is 4.27. The Labute approximate surface area is 152 Å². The predicted octanol–water partition coefficient (Wildman–Crippen LogP) is 2.73. The minimum atomic E-state index is -0.761. The van der Waals surface area contributed by atoms with E-state index in [0.29, 0.717) is 6.54 Å². The van der Waals surface area contributed by atoms with Gasteiger partial charge >= 0.3 is 6.03 Å². The van der Waals surface area contributed by atoms with Gasteiger partial charge in [-0.1, -0.05) is 39.5 Å². The molecular weight excluding hydrogens is 320 g/mol. The van der Waals surface area contributed by atoms with Crippen LogP contribution < -0.4 is 5.32 Å². The molecule has 2 amide bonds. The molecule has 0 aromatic carbocycles. The van der Waals surface area contributed by atoms with Crippen LogP contribution in [-0.4, -0.2) is 59.0 Å². The molecule has 6 nitrogen and oxygen atoms in total. The summed E-state index contributed by atoms with van der Waals surface area (Å²) in [6, 6.07) is -0.116. The van der Waals surface area contributed by atoms with Crippen LogP contribution in [0.15, 0.2) is 0 Å². The van der Waals surface area contributed by atoms with E-state index < -0.39 is 6.23 Å². The monoisotopic (exact) mass is 357 g/mol. The van der Waals surface area contributed by atoms with Gasteiger partial charge in [0.05, 0.1) is 31.7 Å². The highest BCUT2D eigenvalue weighted by Gasteiger charge is 2.53. The summed E-state index contributed by atoms with van der Waals surface area (Å²) in [5, 5.41) is 22.3. The smallest absolute Gasteiger partial charge is 0.394 e. The first-order valence-electron chi connectivity index (χ1n) is 10.2. The van der Waals surface area contributed by atoms with Crippen LogP contribution in [0, 0.1) is 5.92 Å². The lowest BCUT2D eigenvalue weighted by Crippen LogP contribution is -2.71. The second kappa shape index (κ2) is 9.86. The molecular formula is C19H37N2O4+. The molecule has 2 fully saturated rings. The molecule has 5 unspecified atom stereocenters. The molecule has 146 valence electrons. The third kappa shape index (κ3) is 4.94. The lowest BCUT2D eigenvalue weighted by molar-refractivity contribution is -0.906. The van der Waals surface area contributed by atoms with Gasteiger partial charge in [-0.15, -0.1) is 0 Å². The third-order valence-electron chi connectivity index (χ3n) is 5.96. The maximum atomic E-state index is 12.9. The van der Waals surface area contributed by atoms with Crippen molar-refractivity contribution in [2.75, 3.05) is 19.7 Å². The van der Waals surface area contributed by atoms with Crippen molar-refractivity contribution in [3.05, 3.63) is 0 Å². The van der Waals surface area contributed by atoms with Gasteiger partial charge in [-0.25, -0.2) is 9.28 Å². The van der Waals surface area contributed by atoms with Crippen molar-refractivity contribution in [3.63, 3.8) is 0 Å².